The van der Waals surface area contributed by atoms with Crippen molar-refractivity contribution in [1.29, 1.82) is 0 Å². The molecule has 0 aliphatic rings. The van der Waals surface area contributed by atoms with Gasteiger partial charge in [-0.3, -0.25) is 0 Å². The highest BCUT2D eigenvalue weighted by Gasteiger charge is 2.10. The van der Waals surface area contributed by atoms with Crippen LogP contribution in [0.4, 0.5) is 5.69 Å². The lowest BCUT2D eigenvalue weighted by molar-refractivity contribution is 0.225. The Balaban J connectivity index is 2.09. The summed E-state index contributed by atoms with van der Waals surface area (Å²) in [7, 11) is 1.34. The normalized spacial score (nSPS) is 10.1. The zero-order valence-electron chi connectivity index (χ0n) is 12.4. The van der Waals surface area contributed by atoms with Crippen molar-refractivity contribution in [2.45, 2.75) is 13.4 Å². The maximum Gasteiger partial charge on any atom is 0.453 e. The monoisotopic (exact) mass is 359 g/mol. The first-order valence-corrected chi connectivity index (χ1v) is 7.50. The zero-order valence-corrected chi connectivity index (χ0v) is 14.0. The Kier molecular flexibility index (Phi) is 6.02. The fraction of sp³-hybridized carbons (Fsp3) is 0.188. The quantitative estimate of drug-likeness (QED) is 0.532. The Morgan fingerprint density at radius 3 is 2.45 bits per heavy atom. The van der Waals surface area contributed by atoms with E-state index in [0.29, 0.717) is 23.8 Å². The van der Waals surface area contributed by atoms with Gasteiger partial charge < -0.3 is 14.0 Å². The molecule has 2 aromatic rings. The molecule has 4 nitrogen and oxygen atoms in total. The van der Waals surface area contributed by atoms with Crippen LogP contribution in [0.3, 0.4) is 0 Å². The second-order valence-corrected chi connectivity index (χ2v) is 5.43. The smallest absolute Gasteiger partial charge is 0.453 e. The van der Waals surface area contributed by atoms with E-state index in [-0.39, 0.29) is 7.12 Å². The average Bonchev–Trinajstić information content (AvgIpc) is 2.55. The highest BCUT2D eigenvalue weighted by Crippen LogP contribution is 2.28. The highest BCUT2D eigenvalue weighted by molar-refractivity contribution is 9.10. The first-order chi connectivity index (χ1) is 10.6. The molecule has 0 unspecified atom stereocenters. The van der Waals surface area contributed by atoms with Crippen molar-refractivity contribution < 1.29 is 14.0 Å². The summed E-state index contributed by atoms with van der Waals surface area (Å²) in [5.41, 5.74) is 1.56. The van der Waals surface area contributed by atoms with E-state index in [2.05, 4.69) is 20.8 Å². The van der Waals surface area contributed by atoms with Gasteiger partial charge in [0.15, 0.2) is 5.69 Å². The molecule has 0 spiro atoms. The molecule has 0 aliphatic heterocycles. The van der Waals surface area contributed by atoms with Crippen molar-refractivity contribution in [3.05, 3.63) is 63.9 Å². The van der Waals surface area contributed by atoms with Crippen molar-refractivity contribution in [3.8, 4) is 11.5 Å². The van der Waals surface area contributed by atoms with Crippen LogP contribution in [0.25, 0.3) is 4.85 Å². The Hall–Kier alpha value is -1.81. The molecule has 112 valence electrons. The fourth-order valence-corrected chi connectivity index (χ4v) is 2.09. The van der Waals surface area contributed by atoms with Crippen LogP contribution < -0.4 is 4.74 Å². The van der Waals surface area contributed by atoms with Gasteiger partial charge in [0.05, 0.1) is 13.2 Å². The van der Waals surface area contributed by atoms with Gasteiger partial charge in [-0.05, 0) is 42.7 Å². The molecule has 0 bridgehead atoms. The number of benzene rings is 2. The summed E-state index contributed by atoms with van der Waals surface area (Å²) in [6.07, 6.45) is 0. The standard InChI is InChI=1S/C16H15BBrNO3/c1-17(20-3)21-11-12-10-15(8-9-16(12)18)22-14-6-4-13(19-2)5-7-14/h4-10H,11H2,1,3H3. The molecule has 0 radical (unpaired) electrons. The summed E-state index contributed by atoms with van der Waals surface area (Å²) in [4.78, 5) is 3.35. The molecule has 0 saturated carbocycles. The number of hydrogen-bond acceptors (Lipinski definition) is 3. The van der Waals surface area contributed by atoms with Crippen molar-refractivity contribution in [1.82, 2.24) is 0 Å². The Bertz CT molecular complexity index is 670. The van der Waals surface area contributed by atoms with Crippen molar-refractivity contribution in [3.63, 3.8) is 0 Å². The fourth-order valence-electron chi connectivity index (χ4n) is 1.73. The first-order valence-electron chi connectivity index (χ1n) is 6.70. The number of hydrogen-bond donors (Lipinski definition) is 0. The second-order valence-electron chi connectivity index (χ2n) is 4.58. The summed E-state index contributed by atoms with van der Waals surface area (Å²) in [6.45, 7) is 9.20. The summed E-state index contributed by atoms with van der Waals surface area (Å²) < 4.78 is 17.4. The van der Waals surface area contributed by atoms with Gasteiger partial charge in [0.1, 0.15) is 11.5 Å². The van der Waals surface area contributed by atoms with Gasteiger partial charge in [-0.25, -0.2) is 4.85 Å². The van der Waals surface area contributed by atoms with E-state index in [4.69, 9.17) is 20.6 Å². The maximum atomic E-state index is 6.94. The third-order valence-electron chi connectivity index (χ3n) is 3.02. The molecule has 0 aromatic heterocycles. The molecule has 2 rings (SSSR count). The molecular formula is C16H15BBrNO3. The lowest BCUT2D eigenvalue weighted by Crippen LogP contribution is -2.15. The van der Waals surface area contributed by atoms with Crippen LogP contribution in [0.2, 0.25) is 6.82 Å². The third-order valence-corrected chi connectivity index (χ3v) is 3.80. The maximum absolute atomic E-state index is 6.94. The topological polar surface area (TPSA) is 32.0 Å². The van der Waals surface area contributed by atoms with E-state index in [1.54, 1.807) is 31.4 Å². The highest BCUT2D eigenvalue weighted by atomic mass is 79.9. The molecule has 0 heterocycles. The predicted octanol–water partition coefficient (Wildman–Crippen LogP) is 5.07. The Morgan fingerprint density at radius 1 is 1.14 bits per heavy atom. The van der Waals surface area contributed by atoms with E-state index in [0.717, 1.165) is 10.0 Å². The minimum Gasteiger partial charge on any atom is -0.457 e. The van der Waals surface area contributed by atoms with Crippen molar-refractivity contribution >= 4 is 28.7 Å². The number of nitrogens with zero attached hydrogens (tertiary/aromatic N) is 1. The molecular weight excluding hydrogens is 345 g/mol. The van der Waals surface area contributed by atoms with Gasteiger partial charge in [-0.15, -0.1) is 0 Å². The Labute approximate surface area is 139 Å². The molecule has 0 atom stereocenters. The average molecular weight is 360 g/mol. The SMILES string of the molecule is [C-]#[N+]c1ccc(Oc2ccc(Br)c(COB(C)OC)c2)cc1. The van der Waals surface area contributed by atoms with E-state index in [1.165, 1.54) is 0 Å². The molecule has 0 saturated heterocycles. The van der Waals surface area contributed by atoms with Crippen LogP contribution in [0.1, 0.15) is 5.56 Å². The summed E-state index contributed by atoms with van der Waals surface area (Å²) >= 11 is 3.50. The van der Waals surface area contributed by atoms with Crippen LogP contribution in [0.15, 0.2) is 46.9 Å². The van der Waals surface area contributed by atoms with Gasteiger partial charge in [0.25, 0.3) is 0 Å². The van der Waals surface area contributed by atoms with Crippen LogP contribution in [0, 0.1) is 6.57 Å². The van der Waals surface area contributed by atoms with E-state index >= 15 is 0 Å². The minimum absolute atomic E-state index is 0.266. The minimum atomic E-state index is -0.266. The van der Waals surface area contributed by atoms with Gasteiger partial charge >= 0.3 is 7.12 Å². The van der Waals surface area contributed by atoms with Gasteiger partial charge in [-0.1, -0.05) is 28.1 Å². The van der Waals surface area contributed by atoms with E-state index < -0.39 is 0 Å². The zero-order chi connectivity index (χ0) is 15.9. The van der Waals surface area contributed by atoms with Gasteiger partial charge in [0, 0.05) is 11.6 Å². The lowest BCUT2D eigenvalue weighted by atomic mass is 9.95. The van der Waals surface area contributed by atoms with Gasteiger partial charge in [0.2, 0.25) is 0 Å². The summed E-state index contributed by atoms with van der Waals surface area (Å²) in [5.74, 6) is 1.40. The van der Waals surface area contributed by atoms with E-state index in [1.807, 2.05) is 25.0 Å². The molecule has 2 aromatic carbocycles. The molecule has 22 heavy (non-hydrogen) atoms. The van der Waals surface area contributed by atoms with Crippen LogP contribution in [0.5, 0.6) is 11.5 Å². The molecule has 0 aliphatic carbocycles. The number of rotatable bonds is 6. The largest absolute Gasteiger partial charge is 0.457 e. The summed E-state index contributed by atoms with van der Waals surface area (Å²) in [6, 6.07) is 12.7. The molecule has 0 N–H and O–H groups in total. The number of ether oxygens (including phenoxy) is 1. The lowest BCUT2D eigenvalue weighted by Gasteiger charge is -2.12. The number of halogens is 1. The van der Waals surface area contributed by atoms with E-state index in [9.17, 15) is 0 Å². The van der Waals surface area contributed by atoms with Crippen LogP contribution in [-0.2, 0) is 15.9 Å². The molecule has 6 heteroatoms. The van der Waals surface area contributed by atoms with Crippen LogP contribution >= 0.6 is 15.9 Å². The third kappa shape index (κ3) is 4.60. The van der Waals surface area contributed by atoms with Gasteiger partial charge in [-0.2, -0.15) is 0 Å². The predicted molar refractivity (Wildman–Crippen MR) is 90.3 cm³/mol. The van der Waals surface area contributed by atoms with Crippen molar-refractivity contribution in [2.24, 2.45) is 0 Å². The first kappa shape index (κ1) is 16.6. The second kappa shape index (κ2) is 7.99. The van der Waals surface area contributed by atoms with Crippen LogP contribution in [-0.4, -0.2) is 14.2 Å². The molecule has 0 fully saturated rings. The Morgan fingerprint density at radius 2 is 1.82 bits per heavy atom. The molecule has 0 amide bonds. The summed E-state index contributed by atoms with van der Waals surface area (Å²) in [5, 5.41) is 0. The van der Waals surface area contributed by atoms with Crippen molar-refractivity contribution in [2.75, 3.05) is 7.11 Å².